The smallest absolute Gasteiger partial charge is 0.374 e. The highest BCUT2D eigenvalue weighted by Gasteiger charge is 2.25. The van der Waals surface area contributed by atoms with Crippen LogP contribution in [0.25, 0.3) is 21.7 Å². The topological polar surface area (TPSA) is 42.7 Å². The molecule has 1 saturated heterocycles. The third kappa shape index (κ3) is 3.24. The van der Waals surface area contributed by atoms with E-state index in [0.29, 0.717) is 5.76 Å². The molecule has 1 fully saturated rings. The molecule has 0 N–H and O–H groups in total. The van der Waals surface area contributed by atoms with Gasteiger partial charge in [0.15, 0.2) is 0 Å². The third-order valence-corrected chi connectivity index (χ3v) is 4.95. The van der Waals surface area contributed by atoms with Gasteiger partial charge < -0.3 is 14.1 Å². The molecule has 5 heteroatoms. The molecule has 1 aliphatic heterocycles. The highest BCUT2D eigenvalue weighted by molar-refractivity contribution is 6.08. The lowest BCUT2D eigenvalue weighted by Gasteiger charge is -2.28. The minimum absolute atomic E-state index is 0. The molecule has 0 saturated carbocycles. The average Bonchev–Trinajstić information content (AvgIpc) is 2.94. The lowest BCUT2D eigenvalue weighted by atomic mass is 10.1. The molecule has 4 rings (SSSR count). The van der Waals surface area contributed by atoms with Gasteiger partial charge >= 0.3 is 5.97 Å². The van der Waals surface area contributed by atoms with Gasteiger partial charge in [-0.1, -0.05) is 36.4 Å². The number of carbonyl (C=O) groups excluding carboxylic acids is 1. The van der Waals surface area contributed by atoms with E-state index in [9.17, 15) is 4.79 Å². The maximum atomic E-state index is 12.6. The van der Waals surface area contributed by atoms with Crippen molar-refractivity contribution < 1.29 is 13.9 Å². The number of ether oxygens (including phenoxy) is 1. The van der Waals surface area contributed by atoms with Crippen molar-refractivity contribution in [3.05, 3.63) is 47.7 Å². The Morgan fingerprint density at radius 3 is 2.60 bits per heavy atom. The lowest BCUT2D eigenvalue weighted by molar-refractivity contribution is 0.0109. The molecule has 2 heterocycles. The molecule has 0 bridgehead atoms. The minimum Gasteiger partial charge on any atom is -0.456 e. The van der Waals surface area contributed by atoms with Crippen LogP contribution >= 0.6 is 12.4 Å². The molecule has 25 heavy (non-hydrogen) atoms. The number of fused-ring (bicyclic) bond motifs is 3. The number of rotatable bonds is 2. The Hall–Kier alpha value is -2.04. The molecule has 0 aliphatic carbocycles. The summed E-state index contributed by atoms with van der Waals surface area (Å²) in [5.41, 5.74) is 1.62. The second-order valence-corrected chi connectivity index (χ2v) is 6.63. The summed E-state index contributed by atoms with van der Waals surface area (Å²) in [6.07, 6.45) is 1.74. The molecule has 1 aliphatic rings. The lowest BCUT2D eigenvalue weighted by Crippen LogP contribution is -2.35. The summed E-state index contributed by atoms with van der Waals surface area (Å²) in [6.45, 7) is 3.84. The summed E-state index contributed by atoms with van der Waals surface area (Å²) in [4.78, 5) is 14.8. The molecule has 0 spiro atoms. The number of esters is 1. The van der Waals surface area contributed by atoms with Crippen molar-refractivity contribution in [3.63, 3.8) is 0 Å². The van der Waals surface area contributed by atoms with Crippen LogP contribution in [0.1, 0.15) is 29.0 Å². The fourth-order valence-electron chi connectivity index (χ4n) is 3.45. The number of likely N-dealkylation sites (tertiary alicyclic amines) is 1. The fraction of sp³-hybridized carbons (Fsp3) is 0.350. The second kappa shape index (κ2) is 7.06. The zero-order valence-electron chi connectivity index (χ0n) is 14.5. The highest BCUT2D eigenvalue weighted by Crippen LogP contribution is 2.32. The summed E-state index contributed by atoms with van der Waals surface area (Å²) in [5, 5.41) is 3.11. The first-order valence-corrected chi connectivity index (χ1v) is 8.44. The van der Waals surface area contributed by atoms with Crippen molar-refractivity contribution in [1.82, 2.24) is 4.90 Å². The minimum atomic E-state index is -0.345. The van der Waals surface area contributed by atoms with Gasteiger partial charge in [-0.15, -0.1) is 12.4 Å². The number of hydrogen-bond donors (Lipinski definition) is 0. The molecule has 132 valence electrons. The van der Waals surface area contributed by atoms with E-state index in [1.807, 2.05) is 37.3 Å². The van der Waals surface area contributed by atoms with Crippen LogP contribution in [0.4, 0.5) is 0 Å². The van der Waals surface area contributed by atoms with Crippen LogP contribution in [0.5, 0.6) is 0 Å². The molecular formula is C20H22ClNO3. The zero-order valence-corrected chi connectivity index (χ0v) is 15.3. The molecule has 3 aromatic rings. The molecule has 0 radical (unpaired) electrons. The van der Waals surface area contributed by atoms with Gasteiger partial charge in [-0.2, -0.15) is 0 Å². The SMILES string of the molecule is Cc1c(C(=O)OC2CCN(C)CC2)oc2c1ccc1ccccc12.Cl. The van der Waals surface area contributed by atoms with Crippen LogP contribution in [0.15, 0.2) is 40.8 Å². The Bertz CT molecular complexity index is 910. The number of furan rings is 1. The number of halogens is 1. The fourth-order valence-corrected chi connectivity index (χ4v) is 3.45. The van der Waals surface area contributed by atoms with Crippen molar-refractivity contribution in [3.8, 4) is 0 Å². The van der Waals surface area contributed by atoms with Crippen molar-refractivity contribution in [2.45, 2.75) is 25.9 Å². The number of nitrogens with zero attached hydrogens (tertiary/aromatic N) is 1. The quantitative estimate of drug-likeness (QED) is 0.629. The number of hydrogen-bond acceptors (Lipinski definition) is 4. The molecule has 0 atom stereocenters. The van der Waals surface area contributed by atoms with Crippen LogP contribution in [0, 0.1) is 6.92 Å². The number of carbonyl (C=O) groups is 1. The molecular weight excluding hydrogens is 338 g/mol. The maximum Gasteiger partial charge on any atom is 0.374 e. The van der Waals surface area contributed by atoms with Crippen LogP contribution in [0.3, 0.4) is 0 Å². The summed E-state index contributed by atoms with van der Waals surface area (Å²) in [5.74, 6) is -0.0115. The van der Waals surface area contributed by atoms with E-state index in [2.05, 4.69) is 18.0 Å². The van der Waals surface area contributed by atoms with Gasteiger partial charge in [0.25, 0.3) is 0 Å². The van der Waals surface area contributed by atoms with Crippen molar-refractivity contribution in [2.75, 3.05) is 20.1 Å². The monoisotopic (exact) mass is 359 g/mol. The summed E-state index contributed by atoms with van der Waals surface area (Å²) >= 11 is 0. The molecule has 4 nitrogen and oxygen atoms in total. The molecule has 2 aromatic carbocycles. The first-order chi connectivity index (χ1) is 11.6. The Balaban J connectivity index is 0.00000182. The molecule has 1 aromatic heterocycles. The van der Waals surface area contributed by atoms with Crippen LogP contribution < -0.4 is 0 Å². The predicted octanol–water partition coefficient (Wildman–Crippen LogP) is 4.57. The van der Waals surface area contributed by atoms with E-state index in [0.717, 1.165) is 53.2 Å². The van der Waals surface area contributed by atoms with E-state index in [-0.39, 0.29) is 24.5 Å². The number of aryl methyl sites for hydroxylation is 1. The summed E-state index contributed by atoms with van der Waals surface area (Å²) < 4.78 is 11.6. The summed E-state index contributed by atoms with van der Waals surface area (Å²) in [7, 11) is 2.09. The van der Waals surface area contributed by atoms with E-state index >= 15 is 0 Å². The number of benzene rings is 2. The van der Waals surface area contributed by atoms with Gasteiger partial charge in [0.2, 0.25) is 5.76 Å². The van der Waals surface area contributed by atoms with Crippen molar-refractivity contribution >= 4 is 40.1 Å². The maximum absolute atomic E-state index is 12.6. The van der Waals surface area contributed by atoms with E-state index in [1.54, 1.807) is 0 Å². The standard InChI is InChI=1S/C20H21NO3.ClH/c1-13-16-8-7-14-5-3-4-6-17(14)19(16)24-18(13)20(22)23-15-9-11-21(2)12-10-15;/h3-8,15H,9-12H2,1-2H3;1H. The van der Waals surface area contributed by atoms with Gasteiger partial charge in [-0.05, 0) is 32.2 Å². The molecule has 0 unspecified atom stereocenters. The van der Waals surface area contributed by atoms with E-state index in [4.69, 9.17) is 9.15 Å². The van der Waals surface area contributed by atoms with Gasteiger partial charge in [-0.25, -0.2) is 4.79 Å². The molecule has 0 amide bonds. The highest BCUT2D eigenvalue weighted by atomic mass is 35.5. The van der Waals surface area contributed by atoms with Crippen LogP contribution in [-0.2, 0) is 4.74 Å². The third-order valence-electron chi connectivity index (χ3n) is 4.95. The first-order valence-electron chi connectivity index (χ1n) is 8.44. The van der Waals surface area contributed by atoms with Crippen LogP contribution in [0.2, 0.25) is 0 Å². The van der Waals surface area contributed by atoms with Gasteiger partial charge in [-0.3, -0.25) is 0 Å². The largest absolute Gasteiger partial charge is 0.456 e. The first kappa shape index (κ1) is 17.8. The average molecular weight is 360 g/mol. The van der Waals surface area contributed by atoms with Crippen LogP contribution in [-0.4, -0.2) is 37.1 Å². The Morgan fingerprint density at radius 1 is 1.12 bits per heavy atom. The van der Waals surface area contributed by atoms with E-state index in [1.165, 1.54) is 0 Å². The van der Waals surface area contributed by atoms with Gasteiger partial charge in [0.1, 0.15) is 11.7 Å². The van der Waals surface area contributed by atoms with Gasteiger partial charge in [0, 0.05) is 29.4 Å². The number of piperidine rings is 1. The predicted molar refractivity (Wildman–Crippen MR) is 102 cm³/mol. The van der Waals surface area contributed by atoms with Gasteiger partial charge in [0.05, 0.1) is 0 Å². The van der Waals surface area contributed by atoms with Crippen molar-refractivity contribution in [2.24, 2.45) is 0 Å². The normalized spacial score (nSPS) is 16.1. The Labute approximate surface area is 153 Å². The zero-order chi connectivity index (χ0) is 16.7. The Kier molecular flexibility index (Phi) is 5.02. The second-order valence-electron chi connectivity index (χ2n) is 6.63. The Morgan fingerprint density at radius 2 is 1.84 bits per heavy atom. The van der Waals surface area contributed by atoms with E-state index < -0.39 is 0 Å². The summed E-state index contributed by atoms with van der Waals surface area (Å²) in [6, 6.07) is 12.1. The van der Waals surface area contributed by atoms with Crippen molar-refractivity contribution in [1.29, 1.82) is 0 Å².